The fourth-order valence-corrected chi connectivity index (χ4v) is 5.11. The number of carbonyl (C=O) groups is 2. The van der Waals surface area contributed by atoms with Crippen molar-refractivity contribution in [2.75, 3.05) is 26.7 Å². The van der Waals surface area contributed by atoms with Crippen LogP contribution in [0.4, 0.5) is 0 Å². The maximum absolute atomic E-state index is 12.7. The van der Waals surface area contributed by atoms with Gasteiger partial charge < -0.3 is 19.9 Å². The average Bonchev–Trinajstić information content (AvgIpc) is 3.25. The molecule has 2 aromatic rings. The molecule has 9 heteroatoms. The standard InChI is InChI=1S/C27H41N5O4/c1-5-32(6-2)23(21-12-11-13-22(18-21)35-4)19-28-24(34)14-15-25-29-26(31-36-25)27(30-20(3)33)16-9-7-8-10-17-27/h11-13,18,23H,5-10,14-17,19H2,1-4H3,(H,28,34)(H,30,33). The summed E-state index contributed by atoms with van der Waals surface area (Å²) in [5.74, 6) is 1.58. The second kappa shape index (κ2) is 13.4. The van der Waals surface area contributed by atoms with Gasteiger partial charge in [0.1, 0.15) is 11.3 Å². The number of hydrogen-bond acceptors (Lipinski definition) is 7. The third-order valence-corrected chi connectivity index (χ3v) is 7.06. The highest BCUT2D eigenvalue weighted by Gasteiger charge is 2.38. The molecule has 3 rings (SSSR count). The molecule has 1 atom stereocenters. The van der Waals surface area contributed by atoms with Crippen LogP contribution in [0.3, 0.4) is 0 Å². The molecule has 2 amide bonds. The minimum Gasteiger partial charge on any atom is -0.497 e. The Morgan fingerprint density at radius 2 is 1.89 bits per heavy atom. The van der Waals surface area contributed by atoms with E-state index in [0.29, 0.717) is 24.7 Å². The van der Waals surface area contributed by atoms with Crippen LogP contribution in [0.5, 0.6) is 5.75 Å². The molecule has 9 nitrogen and oxygen atoms in total. The first kappa shape index (κ1) is 27.6. The van der Waals surface area contributed by atoms with Gasteiger partial charge in [0.05, 0.1) is 13.2 Å². The Morgan fingerprint density at radius 1 is 1.17 bits per heavy atom. The number of amides is 2. The van der Waals surface area contributed by atoms with Gasteiger partial charge in [-0.2, -0.15) is 4.98 Å². The molecule has 36 heavy (non-hydrogen) atoms. The molecule has 0 spiro atoms. The van der Waals surface area contributed by atoms with E-state index in [9.17, 15) is 9.59 Å². The van der Waals surface area contributed by atoms with E-state index in [1.54, 1.807) is 7.11 Å². The molecule has 2 N–H and O–H groups in total. The second-order valence-electron chi connectivity index (χ2n) is 9.51. The van der Waals surface area contributed by atoms with E-state index in [-0.39, 0.29) is 24.3 Å². The number of nitrogens with one attached hydrogen (secondary N) is 2. The Labute approximate surface area is 214 Å². The highest BCUT2D eigenvalue weighted by atomic mass is 16.5. The number of carbonyl (C=O) groups excluding carboxylic acids is 2. The van der Waals surface area contributed by atoms with Gasteiger partial charge in [-0.1, -0.05) is 56.8 Å². The van der Waals surface area contributed by atoms with Gasteiger partial charge in [0.15, 0.2) is 5.82 Å². The molecular weight excluding hydrogens is 458 g/mol. The van der Waals surface area contributed by atoms with Crippen molar-refractivity contribution in [3.63, 3.8) is 0 Å². The summed E-state index contributed by atoms with van der Waals surface area (Å²) in [6, 6.07) is 8.03. The lowest BCUT2D eigenvalue weighted by atomic mass is 9.89. The molecule has 1 aliphatic carbocycles. The first-order valence-corrected chi connectivity index (χ1v) is 13.2. The van der Waals surface area contributed by atoms with Crippen molar-refractivity contribution in [3.8, 4) is 5.75 Å². The number of rotatable bonds is 12. The number of aromatic nitrogens is 2. The van der Waals surface area contributed by atoms with Crippen LogP contribution >= 0.6 is 0 Å². The van der Waals surface area contributed by atoms with Crippen molar-refractivity contribution in [1.82, 2.24) is 25.7 Å². The highest BCUT2D eigenvalue weighted by Crippen LogP contribution is 2.34. The van der Waals surface area contributed by atoms with Gasteiger partial charge >= 0.3 is 0 Å². The maximum Gasteiger partial charge on any atom is 0.227 e. The van der Waals surface area contributed by atoms with Crippen LogP contribution in [0.2, 0.25) is 0 Å². The van der Waals surface area contributed by atoms with Crippen LogP contribution in [0.1, 0.15) is 89.0 Å². The molecule has 1 aliphatic rings. The largest absolute Gasteiger partial charge is 0.497 e. The SMILES string of the molecule is CCN(CC)C(CNC(=O)CCc1nc(C2(NC(C)=O)CCCCCC2)no1)c1cccc(OC)c1. The number of aryl methyl sites for hydroxylation is 1. The van der Waals surface area contributed by atoms with Gasteiger partial charge in [0.25, 0.3) is 0 Å². The van der Waals surface area contributed by atoms with Crippen LogP contribution in [0.15, 0.2) is 28.8 Å². The van der Waals surface area contributed by atoms with Gasteiger partial charge in [0.2, 0.25) is 17.7 Å². The lowest BCUT2D eigenvalue weighted by Crippen LogP contribution is -2.45. The third-order valence-electron chi connectivity index (χ3n) is 7.06. The lowest BCUT2D eigenvalue weighted by Gasteiger charge is -2.30. The van der Waals surface area contributed by atoms with Crippen LogP contribution in [-0.4, -0.2) is 53.6 Å². The Morgan fingerprint density at radius 3 is 2.53 bits per heavy atom. The smallest absolute Gasteiger partial charge is 0.227 e. The zero-order chi connectivity index (χ0) is 26.0. The van der Waals surface area contributed by atoms with Gasteiger partial charge in [0, 0.05) is 26.3 Å². The molecule has 0 radical (unpaired) electrons. The van der Waals surface area contributed by atoms with E-state index in [1.807, 2.05) is 18.2 Å². The topological polar surface area (TPSA) is 110 Å². The molecule has 0 aliphatic heterocycles. The summed E-state index contributed by atoms with van der Waals surface area (Å²) in [7, 11) is 1.66. The van der Waals surface area contributed by atoms with Crippen LogP contribution < -0.4 is 15.4 Å². The van der Waals surface area contributed by atoms with Crippen molar-refractivity contribution in [2.45, 2.75) is 83.7 Å². The van der Waals surface area contributed by atoms with Gasteiger partial charge in [-0.15, -0.1) is 0 Å². The summed E-state index contributed by atoms with van der Waals surface area (Å²) in [5, 5.41) is 10.4. The number of hydrogen-bond donors (Lipinski definition) is 2. The van der Waals surface area contributed by atoms with Crippen molar-refractivity contribution in [3.05, 3.63) is 41.5 Å². The van der Waals surface area contributed by atoms with E-state index in [4.69, 9.17) is 9.26 Å². The molecule has 1 aromatic carbocycles. The average molecular weight is 500 g/mol. The molecule has 198 valence electrons. The zero-order valence-electron chi connectivity index (χ0n) is 22.1. The summed E-state index contributed by atoms with van der Waals surface area (Å²) in [4.78, 5) is 31.6. The number of likely N-dealkylation sites (N-methyl/N-ethyl adjacent to an activating group) is 1. The molecule has 0 bridgehead atoms. The first-order valence-electron chi connectivity index (χ1n) is 13.2. The molecule has 1 saturated carbocycles. The minimum atomic E-state index is -0.583. The predicted octanol–water partition coefficient (Wildman–Crippen LogP) is 3.90. The summed E-state index contributed by atoms with van der Waals surface area (Å²) < 4.78 is 10.9. The molecule has 1 unspecified atom stereocenters. The highest BCUT2D eigenvalue weighted by molar-refractivity contribution is 5.76. The Hall–Kier alpha value is -2.94. The van der Waals surface area contributed by atoms with Crippen molar-refractivity contribution in [1.29, 1.82) is 0 Å². The summed E-state index contributed by atoms with van der Waals surface area (Å²) in [6.07, 6.45) is 6.47. The fraction of sp³-hybridized carbons (Fsp3) is 0.630. The van der Waals surface area contributed by atoms with Gasteiger partial charge in [-0.3, -0.25) is 14.5 Å². The van der Waals surface area contributed by atoms with Crippen LogP contribution in [-0.2, 0) is 21.5 Å². The van der Waals surface area contributed by atoms with Crippen molar-refractivity contribution >= 4 is 11.8 Å². The van der Waals surface area contributed by atoms with Gasteiger partial charge in [-0.05, 0) is 43.6 Å². The van der Waals surface area contributed by atoms with E-state index < -0.39 is 5.54 Å². The van der Waals surface area contributed by atoms with Crippen molar-refractivity contribution in [2.24, 2.45) is 0 Å². The summed E-state index contributed by atoms with van der Waals surface area (Å²) in [5.41, 5.74) is 0.520. The predicted molar refractivity (Wildman–Crippen MR) is 137 cm³/mol. The molecule has 1 fully saturated rings. The number of ether oxygens (including phenoxy) is 1. The zero-order valence-corrected chi connectivity index (χ0v) is 22.1. The van der Waals surface area contributed by atoms with Crippen LogP contribution in [0, 0.1) is 0 Å². The van der Waals surface area contributed by atoms with E-state index >= 15 is 0 Å². The van der Waals surface area contributed by atoms with Crippen LogP contribution in [0.25, 0.3) is 0 Å². The Balaban J connectivity index is 1.61. The van der Waals surface area contributed by atoms with E-state index in [1.165, 1.54) is 6.92 Å². The minimum absolute atomic E-state index is 0.0433. The first-order chi connectivity index (χ1) is 17.4. The molecule has 1 aromatic heterocycles. The quantitative estimate of drug-likeness (QED) is 0.426. The van der Waals surface area contributed by atoms with E-state index in [0.717, 1.165) is 62.9 Å². The normalized spacial score (nSPS) is 16.2. The summed E-state index contributed by atoms with van der Waals surface area (Å²) in [6.45, 7) is 7.99. The molecule has 0 saturated heterocycles. The maximum atomic E-state index is 12.7. The Bertz CT molecular complexity index is 980. The van der Waals surface area contributed by atoms with Crippen molar-refractivity contribution < 1.29 is 18.8 Å². The molecular formula is C27H41N5O4. The number of methoxy groups -OCH3 is 1. The number of benzene rings is 1. The van der Waals surface area contributed by atoms with Gasteiger partial charge in [-0.25, -0.2) is 0 Å². The lowest BCUT2D eigenvalue weighted by molar-refractivity contribution is -0.122. The third kappa shape index (κ3) is 7.29. The molecule has 1 heterocycles. The monoisotopic (exact) mass is 499 g/mol. The Kier molecular flexibility index (Phi) is 10.3. The summed E-state index contributed by atoms with van der Waals surface area (Å²) >= 11 is 0. The second-order valence-corrected chi connectivity index (χ2v) is 9.51. The number of nitrogens with zero attached hydrogens (tertiary/aromatic N) is 3. The fourth-order valence-electron chi connectivity index (χ4n) is 5.11. The van der Waals surface area contributed by atoms with E-state index in [2.05, 4.69) is 45.6 Å².